The van der Waals surface area contributed by atoms with Gasteiger partial charge in [0.1, 0.15) is 10.4 Å². The van der Waals surface area contributed by atoms with Gasteiger partial charge in [-0.15, -0.1) is 0 Å². The third kappa shape index (κ3) is 2.24. The van der Waals surface area contributed by atoms with E-state index in [9.17, 15) is 0 Å². The van der Waals surface area contributed by atoms with E-state index in [1.807, 2.05) is 6.20 Å². The Hall–Kier alpha value is -0.390. The zero-order chi connectivity index (χ0) is 12.8. The Morgan fingerprint density at radius 3 is 3.11 bits per heavy atom. The third-order valence-electron chi connectivity index (χ3n) is 4.62. The molecule has 1 aliphatic carbocycles. The molecule has 2 aliphatic rings. The van der Waals surface area contributed by atoms with Crippen molar-refractivity contribution < 1.29 is 0 Å². The maximum Gasteiger partial charge on any atom is 0.124 e. The molecule has 0 radical (unpaired) electrons. The van der Waals surface area contributed by atoms with Crippen molar-refractivity contribution in [2.24, 2.45) is 24.1 Å². The summed E-state index contributed by atoms with van der Waals surface area (Å²) in [7, 11) is 2.06. The normalized spacial score (nSPS) is 32.1. The van der Waals surface area contributed by atoms with E-state index in [-0.39, 0.29) is 0 Å². The van der Waals surface area contributed by atoms with Crippen LogP contribution in [0.15, 0.2) is 10.8 Å². The van der Waals surface area contributed by atoms with Crippen molar-refractivity contribution >= 4 is 15.9 Å². The van der Waals surface area contributed by atoms with Crippen LogP contribution in [-0.4, -0.2) is 34.1 Å². The van der Waals surface area contributed by atoms with E-state index >= 15 is 0 Å². The molecule has 2 bridgehead atoms. The quantitative estimate of drug-likeness (QED) is 0.925. The van der Waals surface area contributed by atoms with Crippen molar-refractivity contribution in [3.8, 4) is 0 Å². The van der Waals surface area contributed by atoms with E-state index in [0.717, 1.165) is 36.0 Å². The highest BCUT2D eigenvalue weighted by Gasteiger charge is 2.43. The highest BCUT2D eigenvalue weighted by Crippen LogP contribution is 2.45. The molecule has 4 nitrogen and oxygen atoms in total. The van der Waals surface area contributed by atoms with Crippen molar-refractivity contribution in [2.75, 3.05) is 19.6 Å². The van der Waals surface area contributed by atoms with Crippen molar-refractivity contribution in [3.63, 3.8) is 0 Å². The molecule has 1 saturated carbocycles. The topological polar surface area (TPSA) is 47.1 Å². The second kappa shape index (κ2) is 4.62. The van der Waals surface area contributed by atoms with E-state index in [2.05, 4.69) is 37.4 Å². The molecular weight excluding hydrogens is 292 g/mol. The van der Waals surface area contributed by atoms with Gasteiger partial charge in [-0.05, 0) is 53.1 Å². The van der Waals surface area contributed by atoms with E-state index in [1.165, 1.54) is 25.8 Å². The number of nitrogens with two attached hydrogens (primary N) is 1. The lowest BCUT2D eigenvalue weighted by Crippen LogP contribution is -2.46. The Morgan fingerprint density at radius 2 is 2.44 bits per heavy atom. The summed E-state index contributed by atoms with van der Waals surface area (Å²) in [4.78, 5) is 7.07. The number of aryl methyl sites for hydroxylation is 1. The number of imidazole rings is 1. The molecule has 2 heterocycles. The molecule has 2 N–H and O–H groups in total. The lowest BCUT2D eigenvalue weighted by molar-refractivity contribution is 0.0932. The summed E-state index contributed by atoms with van der Waals surface area (Å²) in [6.45, 7) is 4.14. The maximum absolute atomic E-state index is 6.01. The predicted molar refractivity (Wildman–Crippen MR) is 75.0 cm³/mol. The van der Waals surface area contributed by atoms with Crippen LogP contribution in [0.1, 0.15) is 25.1 Å². The van der Waals surface area contributed by atoms with Crippen LogP contribution in [0.25, 0.3) is 0 Å². The Morgan fingerprint density at radius 1 is 1.61 bits per heavy atom. The first-order valence-corrected chi connectivity index (χ1v) is 7.50. The van der Waals surface area contributed by atoms with Crippen LogP contribution in [0.4, 0.5) is 0 Å². The van der Waals surface area contributed by atoms with E-state index in [1.54, 1.807) is 0 Å². The van der Waals surface area contributed by atoms with Gasteiger partial charge in [0.25, 0.3) is 0 Å². The van der Waals surface area contributed by atoms with Crippen LogP contribution in [0.2, 0.25) is 0 Å². The Bertz CT molecular complexity index is 444. The molecule has 0 aromatic carbocycles. The maximum atomic E-state index is 6.01. The van der Waals surface area contributed by atoms with Crippen molar-refractivity contribution in [1.29, 1.82) is 0 Å². The number of fused-ring (bicyclic) bond motifs is 2. The molecular formula is C13H21BrN4. The van der Waals surface area contributed by atoms with Crippen LogP contribution in [-0.2, 0) is 13.6 Å². The number of hydrogen-bond donors (Lipinski definition) is 1. The summed E-state index contributed by atoms with van der Waals surface area (Å²) in [6, 6.07) is 0. The molecule has 100 valence electrons. The van der Waals surface area contributed by atoms with E-state index < -0.39 is 0 Å². The fourth-order valence-corrected chi connectivity index (χ4v) is 4.22. The second-order valence-corrected chi connectivity index (χ2v) is 6.89. The molecule has 1 aromatic heterocycles. The Labute approximate surface area is 117 Å². The van der Waals surface area contributed by atoms with Gasteiger partial charge in [-0.3, -0.25) is 4.90 Å². The molecule has 18 heavy (non-hydrogen) atoms. The molecule has 2 atom stereocenters. The number of nitrogens with zero attached hydrogens (tertiary/aromatic N) is 3. The van der Waals surface area contributed by atoms with Crippen molar-refractivity contribution in [2.45, 2.75) is 25.8 Å². The number of rotatable bonds is 3. The molecule has 0 spiro atoms. The number of halogens is 1. The highest BCUT2D eigenvalue weighted by atomic mass is 79.9. The van der Waals surface area contributed by atoms with Gasteiger partial charge in [0, 0.05) is 26.3 Å². The van der Waals surface area contributed by atoms with Gasteiger partial charge in [-0.25, -0.2) is 4.98 Å². The van der Waals surface area contributed by atoms with Crippen LogP contribution in [0, 0.1) is 11.3 Å². The van der Waals surface area contributed by atoms with Gasteiger partial charge in [0.05, 0.1) is 6.54 Å². The monoisotopic (exact) mass is 312 g/mol. The van der Waals surface area contributed by atoms with Gasteiger partial charge in [0.2, 0.25) is 0 Å². The average molecular weight is 313 g/mol. The minimum absolute atomic E-state index is 0.394. The molecule has 1 aliphatic heterocycles. The average Bonchev–Trinajstić information content (AvgIpc) is 2.80. The van der Waals surface area contributed by atoms with Crippen LogP contribution in [0.3, 0.4) is 0 Å². The van der Waals surface area contributed by atoms with Gasteiger partial charge in [-0.1, -0.05) is 0 Å². The summed E-state index contributed by atoms with van der Waals surface area (Å²) < 4.78 is 3.03. The SMILES string of the molecule is Cn1cc(Br)nc1CN1CC2CCC(CN)(C2)C1. The fraction of sp³-hybridized carbons (Fsp3) is 0.769. The predicted octanol–water partition coefficient (Wildman–Crippen LogP) is 1.74. The molecule has 5 heteroatoms. The Kier molecular flexibility index (Phi) is 3.24. The highest BCUT2D eigenvalue weighted by molar-refractivity contribution is 9.10. The van der Waals surface area contributed by atoms with Crippen LogP contribution in [0.5, 0.6) is 0 Å². The van der Waals surface area contributed by atoms with Crippen molar-refractivity contribution in [1.82, 2.24) is 14.5 Å². The Balaban J connectivity index is 1.73. The lowest BCUT2D eigenvalue weighted by atomic mass is 9.82. The standard InChI is InChI=1S/C13H21BrN4/c1-17-6-11(14)16-12(17)7-18-5-10-2-3-13(4-10,8-15)9-18/h6,10H,2-5,7-9,15H2,1H3. The fourth-order valence-electron chi connectivity index (χ4n) is 3.71. The molecule has 1 aromatic rings. The zero-order valence-electron chi connectivity index (χ0n) is 10.9. The minimum Gasteiger partial charge on any atom is -0.336 e. The van der Waals surface area contributed by atoms with Crippen LogP contribution < -0.4 is 5.73 Å². The van der Waals surface area contributed by atoms with Crippen molar-refractivity contribution in [3.05, 3.63) is 16.6 Å². The van der Waals surface area contributed by atoms with E-state index in [0.29, 0.717) is 5.41 Å². The van der Waals surface area contributed by atoms with Gasteiger partial charge in [-0.2, -0.15) is 0 Å². The summed E-state index contributed by atoms with van der Waals surface area (Å²) in [5, 5.41) is 0. The minimum atomic E-state index is 0.394. The second-order valence-electron chi connectivity index (χ2n) is 6.07. The lowest BCUT2D eigenvalue weighted by Gasteiger charge is -2.39. The summed E-state index contributed by atoms with van der Waals surface area (Å²) >= 11 is 3.44. The molecule has 3 rings (SSSR count). The van der Waals surface area contributed by atoms with Gasteiger partial charge in [0.15, 0.2) is 0 Å². The summed E-state index contributed by atoms with van der Waals surface area (Å²) in [6.07, 6.45) is 6.03. The first-order chi connectivity index (χ1) is 8.60. The molecule has 0 amide bonds. The largest absolute Gasteiger partial charge is 0.336 e. The molecule has 1 saturated heterocycles. The first-order valence-electron chi connectivity index (χ1n) is 6.70. The summed E-state index contributed by atoms with van der Waals surface area (Å²) in [5.74, 6) is 1.99. The van der Waals surface area contributed by atoms with Gasteiger partial charge < -0.3 is 10.3 Å². The number of aromatic nitrogens is 2. The number of piperidine rings is 1. The molecule has 2 fully saturated rings. The van der Waals surface area contributed by atoms with Crippen LogP contribution >= 0.6 is 15.9 Å². The third-order valence-corrected chi connectivity index (χ3v) is 5.00. The van der Waals surface area contributed by atoms with E-state index in [4.69, 9.17) is 5.73 Å². The number of hydrogen-bond acceptors (Lipinski definition) is 3. The van der Waals surface area contributed by atoms with Gasteiger partial charge >= 0.3 is 0 Å². The summed E-state index contributed by atoms with van der Waals surface area (Å²) in [5.41, 5.74) is 6.40. The molecule has 2 unspecified atom stereocenters. The number of likely N-dealkylation sites (tertiary alicyclic amines) is 1. The smallest absolute Gasteiger partial charge is 0.124 e. The first kappa shape index (κ1) is 12.6. The zero-order valence-corrected chi connectivity index (χ0v) is 12.5.